The third-order valence-corrected chi connectivity index (χ3v) is 5.83. The molecule has 31 heavy (non-hydrogen) atoms. The van der Waals surface area contributed by atoms with Crippen LogP contribution in [0.5, 0.6) is 5.88 Å². The van der Waals surface area contributed by atoms with Crippen LogP contribution in [0.25, 0.3) is 16.9 Å². The smallest absolute Gasteiger partial charge is 0.229 e. The highest BCUT2D eigenvalue weighted by atomic mass is 79.9. The van der Waals surface area contributed by atoms with Crippen molar-refractivity contribution >= 4 is 15.9 Å². The number of rotatable bonds is 3. The number of nitrogens with two attached hydrogens (primary N) is 1. The zero-order valence-electron chi connectivity index (χ0n) is 16.4. The van der Waals surface area contributed by atoms with Crippen LogP contribution < -0.4 is 10.5 Å². The number of nitrogens with zero attached hydrogens (tertiary/aromatic N) is 3. The average molecular weight is 469 g/mol. The summed E-state index contributed by atoms with van der Waals surface area (Å²) in [6, 6.07) is 29.8. The normalized spacial score (nSPS) is 15.2. The van der Waals surface area contributed by atoms with E-state index in [1.54, 1.807) is 4.68 Å². The third-order valence-electron chi connectivity index (χ3n) is 5.30. The van der Waals surface area contributed by atoms with Gasteiger partial charge in [0.05, 0.1) is 17.2 Å². The summed E-state index contributed by atoms with van der Waals surface area (Å²) in [5.41, 5.74) is 10.9. The molecule has 0 radical (unpaired) electrons. The molecule has 2 N–H and O–H groups in total. The van der Waals surface area contributed by atoms with E-state index < -0.39 is 5.92 Å². The van der Waals surface area contributed by atoms with Gasteiger partial charge in [0.2, 0.25) is 11.8 Å². The van der Waals surface area contributed by atoms with Crippen molar-refractivity contribution in [3.8, 4) is 28.9 Å². The molecular weight excluding hydrogens is 452 g/mol. The van der Waals surface area contributed by atoms with Crippen LogP contribution in [0.4, 0.5) is 0 Å². The highest BCUT2D eigenvalue weighted by Crippen LogP contribution is 2.47. The number of halogens is 1. The molecule has 1 aromatic heterocycles. The van der Waals surface area contributed by atoms with E-state index in [2.05, 4.69) is 22.0 Å². The lowest BCUT2D eigenvalue weighted by molar-refractivity contribution is 0.367. The van der Waals surface area contributed by atoms with Crippen LogP contribution in [-0.2, 0) is 0 Å². The van der Waals surface area contributed by atoms with Gasteiger partial charge in [0.1, 0.15) is 17.3 Å². The summed E-state index contributed by atoms with van der Waals surface area (Å²) >= 11 is 3.49. The van der Waals surface area contributed by atoms with Gasteiger partial charge in [-0.2, -0.15) is 15.0 Å². The largest absolute Gasteiger partial charge is 0.422 e. The maximum absolute atomic E-state index is 9.95. The van der Waals surface area contributed by atoms with Crippen molar-refractivity contribution < 1.29 is 4.74 Å². The molecule has 0 saturated heterocycles. The average Bonchev–Trinajstić information content (AvgIpc) is 3.19. The van der Waals surface area contributed by atoms with Gasteiger partial charge in [0.25, 0.3) is 0 Å². The van der Waals surface area contributed by atoms with E-state index in [-0.39, 0.29) is 5.88 Å². The number of benzene rings is 3. The number of hydrogen-bond donors (Lipinski definition) is 1. The maximum Gasteiger partial charge on any atom is 0.229 e. The molecule has 0 amide bonds. The molecule has 1 aliphatic rings. The van der Waals surface area contributed by atoms with E-state index in [9.17, 15) is 5.26 Å². The molecule has 5 nitrogen and oxygen atoms in total. The summed E-state index contributed by atoms with van der Waals surface area (Å²) < 4.78 is 8.74. The van der Waals surface area contributed by atoms with Crippen LogP contribution in [0.2, 0.25) is 0 Å². The summed E-state index contributed by atoms with van der Waals surface area (Å²) in [5.74, 6) is 0.226. The van der Waals surface area contributed by atoms with E-state index in [0.717, 1.165) is 32.5 Å². The number of para-hydroxylation sites is 1. The standard InChI is InChI=1S/C25H17BrN4O/c26-18-13-11-16(12-14-18)21-20(15-27)24(28)31-25-22(21)23(17-7-3-1-4-8-17)29-30(25)19-9-5-2-6-10-19/h1-14,21H,28H2. The Morgan fingerprint density at radius 2 is 1.58 bits per heavy atom. The van der Waals surface area contributed by atoms with Gasteiger partial charge in [-0.25, -0.2) is 0 Å². The Hall–Kier alpha value is -3.82. The molecule has 6 heteroatoms. The second-order valence-electron chi connectivity index (χ2n) is 7.16. The van der Waals surface area contributed by atoms with Gasteiger partial charge >= 0.3 is 0 Å². The number of allylic oxidation sites excluding steroid dienone is 1. The van der Waals surface area contributed by atoms with E-state index in [0.29, 0.717) is 11.5 Å². The van der Waals surface area contributed by atoms with Gasteiger partial charge in [-0.3, -0.25) is 0 Å². The molecule has 0 aliphatic carbocycles. The Morgan fingerprint density at radius 1 is 0.935 bits per heavy atom. The van der Waals surface area contributed by atoms with Gasteiger partial charge < -0.3 is 10.5 Å². The van der Waals surface area contributed by atoms with Crippen LogP contribution in [0.15, 0.2) is 101 Å². The fraction of sp³-hybridized carbons (Fsp3) is 0.0400. The molecular formula is C25H17BrN4O. The lowest BCUT2D eigenvalue weighted by Crippen LogP contribution is -2.22. The topological polar surface area (TPSA) is 76.9 Å². The lowest BCUT2D eigenvalue weighted by Gasteiger charge is -2.25. The Bertz CT molecular complexity index is 1320. The second kappa shape index (κ2) is 7.78. The molecule has 1 atom stereocenters. The van der Waals surface area contributed by atoms with Gasteiger partial charge in [-0.05, 0) is 29.8 Å². The fourth-order valence-electron chi connectivity index (χ4n) is 3.88. The summed E-state index contributed by atoms with van der Waals surface area (Å²) in [4.78, 5) is 0. The molecule has 1 unspecified atom stereocenters. The molecule has 5 rings (SSSR count). The molecule has 0 spiro atoms. The molecule has 3 aromatic carbocycles. The molecule has 0 fully saturated rings. The Morgan fingerprint density at radius 3 is 2.23 bits per heavy atom. The molecule has 1 aliphatic heterocycles. The van der Waals surface area contributed by atoms with Gasteiger partial charge in [-0.15, -0.1) is 0 Å². The van der Waals surface area contributed by atoms with Crippen molar-refractivity contribution in [2.24, 2.45) is 5.73 Å². The molecule has 0 saturated carbocycles. The first kappa shape index (κ1) is 19.2. The highest BCUT2D eigenvalue weighted by Gasteiger charge is 2.37. The minimum Gasteiger partial charge on any atom is -0.422 e. The Kier molecular flexibility index (Phi) is 4.81. The number of nitriles is 1. The van der Waals surface area contributed by atoms with Gasteiger partial charge in [0, 0.05) is 10.0 Å². The minimum atomic E-state index is -0.394. The van der Waals surface area contributed by atoms with E-state index in [1.807, 2.05) is 84.9 Å². The van der Waals surface area contributed by atoms with Crippen LogP contribution in [0, 0.1) is 11.3 Å². The summed E-state index contributed by atoms with van der Waals surface area (Å²) in [6.07, 6.45) is 0. The molecule has 0 bridgehead atoms. The first-order chi connectivity index (χ1) is 15.2. The van der Waals surface area contributed by atoms with Crippen molar-refractivity contribution in [3.05, 3.63) is 112 Å². The summed E-state index contributed by atoms with van der Waals surface area (Å²) in [6.45, 7) is 0. The van der Waals surface area contributed by atoms with Crippen molar-refractivity contribution in [3.63, 3.8) is 0 Å². The first-order valence-corrected chi connectivity index (χ1v) is 10.5. The lowest BCUT2D eigenvalue weighted by atomic mass is 9.83. The van der Waals surface area contributed by atoms with Gasteiger partial charge in [-0.1, -0.05) is 76.6 Å². The number of aromatic nitrogens is 2. The summed E-state index contributed by atoms with van der Waals surface area (Å²) in [5, 5.41) is 14.9. The fourth-order valence-corrected chi connectivity index (χ4v) is 4.14. The predicted octanol–water partition coefficient (Wildman–Crippen LogP) is 5.52. The van der Waals surface area contributed by atoms with Crippen molar-refractivity contribution in [1.82, 2.24) is 9.78 Å². The highest BCUT2D eigenvalue weighted by molar-refractivity contribution is 9.10. The molecule has 150 valence electrons. The second-order valence-corrected chi connectivity index (χ2v) is 8.07. The number of hydrogen-bond acceptors (Lipinski definition) is 4. The van der Waals surface area contributed by atoms with Crippen molar-refractivity contribution in [2.75, 3.05) is 0 Å². The number of fused-ring (bicyclic) bond motifs is 1. The van der Waals surface area contributed by atoms with Crippen LogP contribution in [0.1, 0.15) is 17.0 Å². The van der Waals surface area contributed by atoms with E-state index in [1.165, 1.54) is 0 Å². The van der Waals surface area contributed by atoms with Crippen LogP contribution in [-0.4, -0.2) is 9.78 Å². The first-order valence-electron chi connectivity index (χ1n) is 9.74. The SMILES string of the molecule is N#CC1=C(N)Oc2c(c(-c3ccccc3)nn2-c2ccccc2)C1c1ccc(Br)cc1. The maximum atomic E-state index is 9.95. The van der Waals surface area contributed by atoms with E-state index >= 15 is 0 Å². The van der Waals surface area contributed by atoms with Crippen molar-refractivity contribution in [2.45, 2.75) is 5.92 Å². The van der Waals surface area contributed by atoms with Crippen LogP contribution in [0.3, 0.4) is 0 Å². The predicted molar refractivity (Wildman–Crippen MR) is 122 cm³/mol. The zero-order chi connectivity index (χ0) is 21.4. The minimum absolute atomic E-state index is 0.0969. The quantitative estimate of drug-likeness (QED) is 0.429. The van der Waals surface area contributed by atoms with Crippen LogP contribution >= 0.6 is 15.9 Å². The Balaban J connectivity index is 1.83. The zero-order valence-corrected chi connectivity index (χ0v) is 18.0. The number of ether oxygens (including phenoxy) is 1. The Labute approximate surface area is 188 Å². The van der Waals surface area contributed by atoms with Crippen molar-refractivity contribution in [1.29, 1.82) is 5.26 Å². The van der Waals surface area contributed by atoms with Gasteiger partial charge in [0.15, 0.2) is 0 Å². The van der Waals surface area contributed by atoms with E-state index in [4.69, 9.17) is 15.6 Å². The third kappa shape index (κ3) is 3.29. The molecule has 4 aromatic rings. The molecule has 2 heterocycles. The monoisotopic (exact) mass is 468 g/mol. The summed E-state index contributed by atoms with van der Waals surface area (Å²) in [7, 11) is 0.